The first-order chi connectivity index (χ1) is 8.83. The summed E-state index contributed by atoms with van der Waals surface area (Å²) < 4.78 is 5.02. The summed E-state index contributed by atoms with van der Waals surface area (Å²) in [5.41, 5.74) is 3.63. The SMILES string of the molecule is C=C(/C=C/C(=O)/C(C)=C(C)/C(C)=C/C)/C=C(\C)OC. The van der Waals surface area contributed by atoms with E-state index in [1.165, 1.54) is 0 Å². The van der Waals surface area contributed by atoms with E-state index >= 15 is 0 Å². The molecule has 0 aromatic carbocycles. The molecule has 0 spiro atoms. The highest BCUT2D eigenvalue weighted by molar-refractivity contribution is 6.04. The summed E-state index contributed by atoms with van der Waals surface area (Å²) in [7, 11) is 1.60. The average molecular weight is 260 g/mol. The van der Waals surface area contributed by atoms with Crippen LogP contribution in [-0.4, -0.2) is 12.9 Å². The number of hydrogen-bond donors (Lipinski definition) is 0. The largest absolute Gasteiger partial charge is 0.501 e. The average Bonchev–Trinajstić information content (AvgIpc) is 2.41. The van der Waals surface area contributed by atoms with Crippen LogP contribution in [0.1, 0.15) is 34.6 Å². The van der Waals surface area contributed by atoms with Crippen LogP contribution in [0, 0.1) is 0 Å². The van der Waals surface area contributed by atoms with Crippen LogP contribution in [0.25, 0.3) is 0 Å². The number of methoxy groups -OCH3 is 1. The summed E-state index contributed by atoms with van der Waals surface area (Å²) in [5.74, 6) is 0.763. The quantitative estimate of drug-likeness (QED) is 0.399. The van der Waals surface area contributed by atoms with Crippen molar-refractivity contribution < 1.29 is 9.53 Å². The Morgan fingerprint density at radius 1 is 1.05 bits per heavy atom. The number of rotatable bonds is 6. The van der Waals surface area contributed by atoms with E-state index in [1.54, 1.807) is 25.3 Å². The molecule has 104 valence electrons. The van der Waals surface area contributed by atoms with Gasteiger partial charge in [-0.3, -0.25) is 4.79 Å². The predicted octanol–water partition coefficient (Wildman–Crippen LogP) is 4.52. The van der Waals surface area contributed by atoms with Gasteiger partial charge in [-0.25, -0.2) is 0 Å². The molecule has 0 heterocycles. The zero-order chi connectivity index (χ0) is 15.0. The van der Waals surface area contributed by atoms with Gasteiger partial charge >= 0.3 is 0 Å². The van der Waals surface area contributed by atoms with Crippen molar-refractivity contribution in [2.24, 2.45) is 0 Å². The molecular formula is C17H24O2. The van der Waals surface area contributed by atoms with E-state index in [0.29, 0.717) is 0 Å². The molecule has 2 heteroatoms. The van der Waals surface area contributed by atoms with E-state index in [0.717, 1.165) is 28.1 Å². The minimum atomic E-state index is 0.00307. The lowest BCUT2D eigenvalue weighted by Gasteiger charge is -2.05. The topological polar surface area (TPSA) is 26.3 Å². The molecule has 0 radical (unpaired) electrons. The molecule has 19 heavy (non-hydrogen) atoms. The van der Waals surface area contributed by atoms with E-state index < -0.39 is 0 Å². The Bertz CT molecular complexity index is 471. The van der Waals surface area contributed by atoms with Gasteiger partial charge in [0.05, 0.1) is 12.9 Å². The molecule has 0 amide bonds. The van der Waals surface area contributed by atoms with Crippen LogP contribution in [-0.2, 0) is 9.53 Å². The normalized spacial score (nSPS) is 14.4. The molecule has 0 bridgehead atoms. The third kappa shape index (κ3) is 6.05. The Morgan fingerprint density at radius 3 is 2.11 bits per heavy atom. The maximum Gasteiger partial charge on any atom is 0.181 e. The monoisotopic (exact) mass is 260 g/mol. The van der Waals surface area contributed by atoms with Crippen molar-refractivity contribution >= 4 is 5.78 Å². The highest BCUT2D eigenvalue weighted by atomic mass is 16.5. The molecule has 0 aliphatic rings. The third-order valence-electron chi connectivity index (χ3n) is 3.12. The fourth-order valence-corrected chi connectivity index (χ4v) is 1.37. The Morgan fingerprint density at radius 2 is 1.63 bits per heavy atom. The molecule has 0 saturated carbocycles. The Balaban J connectivity index is 4.94. The number of ketones is 1. The second kappa shape index (κ2) is 8.30. The molecule has 0 aromatic heterocycles. The number of hydrogen-bond acceptors (Lipinski definition) is 2. The van der Waals surface area contributed by atoms with Gasteiger partial charge in [0.25, 0.3) is 0 Å². The lowest BCUT2D eigenvalue weighted by Crippen LogP contribution is -1.99. The fraction of sp³-hybridized carbons (Fsp3) is 0.353. The summed E-state index contributed by atoms with van der Waals surface area (Å²) in [6.07, 6.45) is 7.03. The minimum absolute atomic E-state index is 0.00307. The lowest BCUT2D eigenvalue weighted by atomic mass is 10.00. The molecule has 2 nitrogen and oxygen atoms in total. The fourth-order valence-electron chi connectivity index (χ4n) is 1.37. The van der Waals surface area contributed by atoms with Gasteiger partial charge in [0, 0.05) is 0 Å². The summed E-state index contributed by atoms with van der Waals surface area (Å²) >= 11 is 0. The zero-order valence-corrected chi connectivity index (χ0v) is 12.8. The number of allylic oxidation sites excluding steroid dienone is 9. The van der Waals surface area contributed by atoms with Crippen molar-refractivity contribution in [2.45, 2.75) is 34.6 Å². The van der Waals surface area contributed by atoms with Crippen LogP contribution >= 0.6 is 0 Å². The van der Waals surface area contributed by atoms with E-state index in [2.05, 4.69) is 6.58 Å². The molecule has 0 saturated heterocycles. The molecule has 0 aliphatic heterocycles. The van der Waals surface area contributed by atoms with E-state index in [-0.39, 0.29) is 5.78 Å². The number of ether oxygens (including phenoxy) is 1. The second-order valence-electron chi connectivity index (χ2n) is 4.45. The standard InChI is InChI=1S/C17H24O2/c1-8-13(3)15(5)16(6)17(18)10-9-12(2)11-14(4)19-7/h8-11H,2H2,1,3-7H3/b10-9+,13-8+,14-11+,16-15+. The maximum absolute atomic E-state index is 12.0. The first kappa shape index (κ1) is 17.2. The molecule has 0 rings (SSSR count). The Labute approximate surface area is 116 Å². The van der Waals surface area contributed by atoms with Gasteiger partial charge in [-0.15, -0.1) is 0 Å². The highest BCUT2D eigenvalue weighted by Gasteiger charge is 2.05. The molecule has 0 fully saturated rings. The first-order valence-corrected chi connectivity index (χ1v) is 6.27. The van der Waals surface area contributed by atoms with E-state index in [9.17, 15) is 4.79 Å². The van der Waals surface area contributed by atoms with Crippen molar-refractivity contribution in [2.75, 3.05) is 7.11 Å². The first-order valence-electron chi connectivity index (χ1n) is 6.27. The van der Waals surface area contributed by atoms with Gasteiger partial charge in [-0.2, -0.15) is 0 Å². The second-order valence-corrected chi connectivity index (χ2v) is 4.45. The molecular weight excluding hydrogens is 236 g/mol. The predicted molar refractivity (Wildman–Crippen MR) is 81.9 cm³/mol. The van der Waals surface area contributed by atoms with Crippen LogP contribution in [0.5, 0.6) is 0 Å². The van der Waals surface area contributed by atoms with Crippen molar-refractivity contribution in [3.05, 3.63) is 58.9 Å². The van der Waals surface area contributed by atoms with E-state index in [4.69, 9.17) is 4.74 Å². The third-order valence-corrected chi connectivity index (χ3v) is 3.12. The minimum Gasteiger partial charge on any atom is -0.501 e. The number of carbonyl (C=O) groups excluding carboxylic acids is 1. The van der Waals surface area contributed by atoms with Crippen molar-refractivity contribution in [1.29, 1.82) is 0 Å². The molecule has 0 aromatic rings. The smallest absolute Gasteiger partial charge is 0.181 e. The summed E-state index contributed by atoms with van der Waals surface area (Å²) in [4.78, 5) is 12.0. The Kier molecular flexibility index (Phi) is 7.50. The van der Waals surface area contributed by atoms with Crippen LogP contribution in [0.4, 0.5) is 0 Å². The molecule has 0 unspecified atom stereocenters. The zero-order valence-electron chi connectivity index (χ0n) is 12.8. The van der Waals surface area contributed by atoms with Gasteiger partial charge in [-0.05, 0) is 63.5 Å². The van der Waals surface area contributed by atoms with Crippen LogP contribution in [0.3, 0.4) is 0 Å². The van der Waals surface area contributed by atoms with E-state index in [1.807, 2.05) is 40.7 Å². The van der Waals surface area contributed by atoms with Crippen LogP contribution in [0.15, 0.2) is 58.9 Å². The summed E-state index contributed by atoms with van der Waals surface area (Å²) in [6, 6.07) is 0. The van der Waals surface area contributed by atoms with Crippen molar-refractivity contribution in [3.63, 3.8) is 0 Å². The van der Waals surface area contributed by atoms with Gasteiger partial charge in [-0.1, -0.05) is 24.3 Å². The van der Waals surface area contributed by atoms with Crippen LogP contribution in [0.2, 0.25) is 0 Å². The van der Waals surface area contributed by atoms with Gasteiger partial charge in [0.15, 0.2) is 5.78 Å². The van der Waals surface area contributed by atoms with Gasteiger partial charge < -0.3 is 4.74 Å². The van der Waals surface area contributed by atoms with Gasteiger partial charge in [0.1, 0.15) is 0 Å². The Hall–Kier alpha value is -1.83. The van der Waals surface area contributed by atoms with Crippen molar-refractivity contribution in [3.8, 4) is 0 Å². The summed E-state index contributed by atoms with van der Waals surface area (Å²) in [6.45, 7) is 13.5. The molecule has 0 N–H and O–H groups in total. The molecule has 0 aliphatic carbocycles. The maximum atomic E-state index is 12.0. The lowest BCUT2D eigenvalue weighted by molar-refractivity contribution is -0.111. The van der Waals surface area contributed by atoms with Gasteiger partial charge in [0.2, 0.25) is 0 Å². The number of carbonyl (C=O) groups is 1. The molecule has 0 atom stereocenters. The van der Waals surface area contributed by atoms with Crippen LogP contribution < -0.4 is 0 Å². The summed E-state index contributed by atoms with van der Waals surface area (Å²) in [5, 5.41) is 0. The van der Waals surface area contributed by atoms with Crippen molar-refractivity contribution in [1.82, 2.24) is 0 Å². The highest BCUT2D eigenvalue weighted by Crippen LogP contribution is 2.15.